The van der Waals surface area contributed by atoms with Crippen molar-refractivity contribution >= 4 is 15.9 Å². The van der Waals surface area contributed by atoms with Crippen molar-refractivity contribution in [2.24, 2.45) is 0 Å². The Kier molecular flexibility index (Phi) is 9.11. The summed E-state index contributed by atoms with van der Waals surface area (Å²) in [5.74, 6) is 1.26. The highest BCUT2D eigenvalue weighted by atomic mass is 32.2. The van der Waals surface area contributed by atoms with E-state index in [-0.39, 0.29) is 10.8 Å². The van der Waals surface area contributed by atoms with E-state index in [9.17, 15) is 13.2 Å². The van der Waals surface area contributed by atoms with Gasteiger partial charge in [0.05, 0.1) is 18.6 Å². The number of hydrogen-bond donors (Lipinski definition) is 1. The molecule has 1 fully saturated rings. The number of unbranched alkanes of at least 4 members (excludes halogenated alkanes) is 1. The lowest BCUT2D eigenvalue weighted by Crippen LogP contribution is -2.50. The second-order valence-corrected chi connectivity index (χ2v) is 9.84. The Labute approximate surface area is 196 Å². The molecule has 1 saturated heterocycles. The molecule has 0 spiro atoms. The fraction of sp³-hybridized carbons (Fsp3) is 0.458. The zero-order valence-electron chi connectivity index (χ0n) is 19.3. The molecular weight excluding hydrogens is 442 g/mol. The number of ether oxygens (including phenoxy) is 2. The first-order valence-corrected chi connectivity index (χ1v) is 12.8. The number of nitrogens with zero attached hydrogens (tertiary/aromatic N) is 2. The van der Waals surface area contributed by atoms with Crippen LogP contribution in [0.15, 0.2) is 53.4 Å². The largest absolute Gasteiger partial charge is 0.497 e. The van der Waals surface area contributed by atoms with Gasteiger partial charge in [0.15, 0.2) is 0 Å². The third-order valence-electron chi connectivity index (χ3n) is 5.63. The molecule has 1 heterocycles. The summed E-state index contributed by atoms with van der Waals surface area (Å²) in [4.78, 5) is 14.8. The van der Waals surface area contributed by atoms with Crippen LogP contribution in [0.3, 0.4) is 0 Å². The summed E-state index contributed by atoms with van der Waals surface area (Å²) in [5, 5.41) is 2.93. The molecular formula is C24H33N3O5S. The highest BCUT2D eigenvalue weighted by Crippen LogP contribution is 2.20. The number of carbonyl (C=O) groups is 1. The second-order valence-electron chi connectivity index (χ2n) is 7.90. The van der Waals surface area contributed by atoms with Crippen molar-refractivity contribution in [3.05, 3.63) is 54.1 Å². The summed E-state index contributed by atoms with van der Waals surface area (Å²) >= 11 is 0. The highest BCUT2D eigenvalue weighted by Gasteiger charge is 2.28. The van der Waals surface area contributed by atoms with Gasteiger partial charge in [-0.15, -0.1) is 0 Å². The molecule has 0 radical (unpaired) electrons. The van der Waals surface area contributed by atoms with E-state index in [2.05, 4.69) is 17.1 Å². The van der Waals surface area contributed by atoms with Crippen LogP contribution in [0.1, 0.15) is 30.1 Å². The molecule has 1 amide bonds. The summed E-state index contributed by atoms with van der Waals surface area (Å²) in [5.41, 5.74) is 0.591. The molecule has 2 aromatic rings. The molecule has 8 nitrogen and oxygen atoms in total. The molecule has 2 aromatic carbocycles. The van der Waals surface area contributed by atoms with E-state index in [0.717, 1.165) is 18.6 Å². The van der Waals surface area contributed by atoms with Gasteiger partial charge in [-0.2, -0.15) is 4.31 Å². The van der Waals surface area contributed by atoms with Gasteiger partial charge in [0, 0.05) is 44.8 Å². The predicted molar refractivity (Wildman–Crippen MR) is 127 cm³/mol. The van der Waals surface area contributed by atoms with E-state index in [1.54, 1.807) is 43.5 Å². The molecule has 0 bridgehead atoms. The molecule has 0 aliphatic carbocycles. The maximum atomic E-state index is 12.9. The minimum absolute atomic E-state index is 0.129. The van der Waals surface area contributed by atoms with Gasteiger partial charge < -0.3 is 14.8 Å². The minimum Gasteiger partial charge on any atom is -0.497 e. The maximum absolute atomic E-state index is 12.9. The molecule has 1 aliphatic heterocycles. The van der Waals surface area contributed by atoms with Crippen LogP contribution in [-0.2, 0) is 10.0 Å². The summed E-state index contributed by atoms with van der Waals surface area (Å²) in [6.45, 7) is 6.03. The van der Waals surface area contributed by atoms with Crippen LogP contribution in [0.2, 0.25) is 0 Å². The number of carbonyl (C=O) groups excluding carboxylic acids is 1. The normalized spacial score (nSPS) is 15.2. The third-order valence-corrected chi connectivity index (χ3v) is 7.54. The quantitative estimate of drug-likeness (QED) is 0.503. The van der Waals surface area contributed by atoms with Gasteiger partial charge >= 0.3 is 0 Å². The average molecular weight is 476 g/mol. The summed E-state index contributed by atoms with van der Waals surface area (Å²) in [7, 11) is -1.97. The SMILES string of the molecule is CCCCOc1ccc(C(=O)NCCN2CCN(S(=O)(=O)c3ccc(OC)cc3)CC2)cc1. The van der Waals surface area contributed by atoms with Crippen molar-refractivity contribution in [2.75, 3.05) is 53.0 Å². The fourth-order valence-corrected chi connectivity index (χ4v) is 4.98. The van der Waals surface area contributed by atoms with Crippen LogP contribution in [0.5, 0.6) is 11.5 Å². The highest BCUT2D eigenvalue weighted by molar-refractivity contribution is 7.89. The molecule has 0 aromatic heterocycles. The van der Waals surface area contributed by atoms with E-state index < -0.39 is 10.0 Å². The van der Waals surface area contributed by atoms with Crippen molar-refractivity contribution < 1.29 is 22.7 Å². The number of rotatable bonds is 11. The molecule has 3 rings (SSSR count). The number of nitrogens with one attached hydrogen (secondary N) is 1. The van der Waals surface area contributed by atoms with Crippen LogP contribution in [0.25, 0.3) is 0 Å². The Morgan fingerprint density at radius 2 is 1.61 bits per heavy atom. The van der Waals surface area contributed by atoms with Crippen molar-refractivity contribution in [1.29, 1.82) is 0 Å². The number of amides is 1. The Hall–Kier alpha value is -2.62. The van der Waals surface area contributed by atoms with E-state index >= 15 is 0 Å². The maximum Gasteiger partial charge on any atom is 0.251 e. The number of piperazine rings is 1. The first-order valence-electron chi connectivity index (χ1n) is 11.3. The van der Waals surface area contributed by atoms with E-state index in [1.807, 2.05) is 12.1 Å². The van der Waals surface area contributed by atoms with Gasteiger partial charge in [0.25, 0.3) is 5.91 Å². The first kappa shape index (κ1) is 25.0. The van der Waals surface area contributed by atoms with Crippen molar-refractivity contribution in [3.8, 4) is 11.5 Å². The van der Waals surface area contributed by atoms with Crippen molar-refractivity contribution in [2.45, 2.75) is 24.7 Å². The molecule has 33 heavy (non-hydrogen) atoms. The topological polar surface area (TPSA) is 88.2 Å². The number of sulfonamides is 1. The number of methoxy groups -OCH3 is 1. The minimum atomic E-state index is -3.52. The molecule has 9 heteroatoms. The number of benzene rings is 2. The molecule has 0 atom stereocenters. The van der Waals surface area contributed by atoms with E-state index in [4.69, 9.17) is 9.47 Å². The summed E-state index contributed by atoms with van der Waals surface area (Å²) in [6.07, 6.45) is 2.08. The molecule has 1 aliphatic rings. The van der Waals surface area contributed by atoms with Gasteiger partial charge in [-0.25, -0.2) is 8.42 Å². The lowest BCUT2D eigenvalue weighted by Gasteiger charge is -2.34. The second kappa shape index (κ2) is 12.0. The Morgan fingerprint density at radius 3 is 2.21 bits per heavy atom. The number of hydrogen-bond acceptors (Lipinski definition) is 6. The Bertz CT molecular complexity index is 986. The summed E-state index contributed by atoms with van der Waals surface area (Å²) in [6, 6.07) is 13.6. The van der Waals surface area contributed by atoms with E-state index in [0.29, 0.717) is 57.2 Å². The van der Waals surface area contributed by atoms with E-state index in [1.165, 1.54) is 4.31 Å². The lowest BCUT2D eigenvalue weighted by molar-refractivity contribution is 0.0945. The lowest BCUT2D eigenvalue weighted by atomic mass is 10.2. The van der Waals surface area contributed by atoms with Crippen LogP contribution in [0, 0.1) is 0 Å². The van der Waals surface area contributed by atoms with Gasteiger partial charge in [-0.05, 0) is 55.0 Å². The van der Waals surface area contributed by atoms with Gasteiger partial charge in [-0.1, -0.05) is 13.3 Å². The van der Waals surface area contributed by atoms with Crippen molar-refractivity contribution in [3.63, 3.8) is 0 Å². The molecule has 0 unspecified atom stereocenters. The smallest absolute Gasteiger partial charge is 0.251 e. The zero-order chi connectivity index (χ0) is 23.7. The average Bonchev–Trinajstić information content (AvgIpc) is 2.85. The van der Waals surface area contributed by atoms with Gasteiger partial charge in [-0.3, -0.25) is 9.69 Å². The van der Waals surface area contributed by atoms with Crippen LogP contribution < -0.4 is 14.8 Å². The van der Waals surface area contributed by atoms with Crippen LogP contribution in [0.4, 0.5) is 0 Å². The third kappa shape index (κ3) is 6.93. The van der Waals surface area contributed by atoms with Crippen molar-refractivity contribution in [1.82, 2.24) is 14.5 Å². The molecule has 0 saturated carbocycles. The fourth-order valence-electron chi connectivity index (χ4n) is 3.56. The standard InChI is InChI=1S/C24H33N3O5S/c1-3-4-19-32-22-7-5-20(6-8-22)24(28)25-13-14-26-15-17-27(18-16-26)33(29,30)23-11-9-21(31-2)10-12-23/h5-12H,3-4,13-19H2,1-2H3,(H,25,28). The zero-order valence-corrected chi connectivity index (χ0v) is 20.1. The Balaban J connectivity index is 1.40. The van der Waals surface area contributed by atoms with Gasteiger partial charge in [0.2, 0.25) is 10.0 Å². The van der Waals surface area contributed by atoms with Gasteiger partial charge in [0.1, 0.15) is 11.5 Å². The predicted octanol–water partition coefficient (Wildman–Crippen LogP) is 2.61. The summed E-state index contributed by atoms with van der Waals surface area (Å²) < 4.78 is 37.9. The Morgan fingerprint density at radius 1 is 0.970 bits per heavy atom. The molecule has 180 valence electrons. The first-order chi connectivity index (χ1) is 15.9. The molecule has 1 N–H and O–H groups in total. The van der Waals surface area contributed by atoms with Crippen LogP contribution >= 0.6 is 0 Å². The monoisotopic (exact) mass is 475 g/mol. The van der Waals surface area contributed by atoms with Crippen LogP contribution in [-0.4, -0.2) is 76.5 Å².